The molecule has 4 nitrogen and oxygen atoms in total. The second-order valence-corrected chi connectivity index (χ2v) is 5.99. The summed E-state index contributed by atoms with van der Waals surface area (Å²) in [6, 6.07) is 11.1. The van der Waals surface area contributed by atoms with E-state index in [9.17, 15) is 0 Å². The first-order chi connectivity index (χ1) is 11.0. The second-order valence-electron chi connectivity index (χ2n) is 5.99. The van der Waals surface area contributed by atoms with Crippen LogP contribution in [0.5, 0.6) is 11.5 Å². The van der Waals surface area contributed by atoms with Crippen molar-refractivity contribution in [2.75, 3.05) is 7.05 Å². The van der Waals surface area contributed by atoms with Crippen LogP contribution in [-0.4, -0.2) is 24.2 Å². The number of benzene rings is 1. The summed E-state index contributed by atoms with van der Waals surface area (Å²) in [6.45, 7) is 8.80. The molecular formula is C19H25IrN2O2-. The van der Waals surface area contributed by atoms with E-state index >= 15 is 0 Å². The van der Waals surface area contributed by atoms with Crippen LogP contribution in [0, 0.1) is 6.07 Å². The minimum Gasteiger partial charge on any atom is -0.534 e. The van der Waals surface area contributed by atoms with Gasteiger partial charge in [0, 0.05) is 44.3 Å². The molecule has 0 spiro atoms. The molecule has 2 rings (SSSR count). The molecule has 0 atom stereocenters. The molecule has 24 heavy (non-hydrogen) atoms. The maximum absolute atomic E-state index is 5.95. The average molecular weight is 506 g/mol. The van der Waals surface area contributed by atoms with Crippen molar-refractivity contribution >= 4 is 0 Å². The Balaban J connectivity index is 0.00000288. The summed E-state index contributed by atoms with van der Waals surface area (Å²) in [4.78, 5) is 4.47. The number of ether oxygens (including phenoxy) is 2. The zero-order chi connectivity index (χ0) is 16.8. The molecule has 1 aromatic carbocycles. The van der Waals surface area contributed by atoms with E-state index in [4.69, 9.17) is 9.47 Å². The topological polar surface area (TPSA) is 43.4 Å². The van der Waals surface area contributed by atoms with Gasteiger partial charge in [-0.05, 0) is 52.1 Å². The molecule has 1 radical (unpaired) electrons. The summed E-state index contributed by atoms with van der Waals surface area (Å²) in [6.07, 6.45) is 1.99. The summed E-state index contributed by atoms with van der Waals surface area (Å²) < 4.78 is 11.7. The number of hydrogen-bond acceptors (Lipinski definition) is 4. The first kappa shape index (κ1) is 20.6. The Kier molecular flexibility index (Phi) is 8.40. The van der Waals surface area contributed by atoms with Gasteiger partial charge < -0.3 is 19.8 Å². The monoisotopic (exact) mass is 506 g/mol. The fourth-order valence-electron chi connectivity index (χ4n) is 2.27. The molecule has 0 saturated carbocycles. The van der Waals surface area contributed by atoms with Gasteiger partial charge in [0.05, 0.1) is 12.2 Å². The Labute approximate surface area is 158 Å². The van der Waals surface area contributed by atoms with Crippen LogP contribution < -0.4 is 14.8 Å². The van der Waals surface area contributed by atoms with Crippen molar-refractivity contribution in [3.8, 4) is 22.8 Å². The van der Waals surface area contributed by atoms with Gasteiger partial charge in [-0.3, -0.25) is 0 Å². The number of pyridine rings is 1. The molecule has 0 bridgehead atoms. The minimum atomic E-state index is 0. The second kappa shape index (κ2) is 9.77. The third-order valence-electron chi connectivity index (χ3n) is 3.07. The summed E-state index contributed by atoms with van der Waals surface area (Å²) in [5, 5.41) is 3.15. The smallest absolute Gasteiger partial charge is 0.0804 e. The van der Waals surface area contributed by atoms with E-state index in [1.165, 1.54) is 5.56 Å². The standard InChI is InChI=1S/C19H25N2O2.Ir/c1-13(2)22-16-6-7-17(19(11-16)23-14(3)4)18-10-15(12-20-5)8-9-21-18;/h6,8-11,13-14,20H,12H2,1-5H3;/q-1;. The van der Waals surface area contributed by atoms with Gasteiger partial charge in [0.25, 0.3) is 0 Å². The normalized spacial score (nSPS) is 10.6. The van der Waals surface area contributed by atoms with Crippen molar-refractivity contribution in [2.45, 2.75) is 46.4 Å². The predicted octanol–water partition coefficient (Wildman–Crippen LogP) is 3.84. The van der Waals surface area contributed by atoms with E-state index in [2.05, 4.69) is 22.4 Å². The van der Waals surface area contributed by atoms with Crippen molar-refractivity contribution in [3.63, 3.8) is 0 Å². The van der Waals surface area contributed by atoms with Crippen LogP contribution in [0.1, 0.15) is 33.3 Å². The van der Waals surface area contributed by atoms with Gasteiger partial charge in [0.1, 0.15) is 0 Å². The van der Waals surface area contributed by atoms with E-state index < -0.39 is 0 Å². The van der Waals surface area contributed by atoms with Crippen molar-refractivity contribution in [1.29, 1.82) is 0 Å². The number of aromatic nitrogens is 1. The number of rotatable bonds is 7. The third kappa shape index (κ3) is 5.90. The van der Waals surface area contributed by atoms with E-state index in [-0.39, 0.29) is 32.3 Å². The molecule has 5 heteroatoms. The summed E-state index contributed by atoms with van der Waals surface area (Å²) in [7, 11) is 1.93. The van der Waals surface area contributed by atoms with E-state index in [1.54, 1.807) is 0 Å². The molecule has 0 fully saturated rings. The molecule has 0 unspecified atom stereocenters. The first-order valence-electron chi connectivity index (χ1n) is 7.98. The van der Waals surface area contributed by atoms with E-state index in [1.807, 2.05) is 59.1 Å². The van der Waals surface area contributed by atoms with Crippen molar-refractivity contribution in [3.05, 3.63) is 42.1 Å². The van der Waals surface area contributed by atoms with Gasteiger partial charge >= 0.3 is 0 Å². The predicted molar refractivity (Wildman–Crippen MR) is 92.8 cm³/mol. The van der Waals surface area contributed by atoms with Crippen LogP contribution in [0.15, 0.2) is 30.5 Å². The van der Waals surface area contributed by atoms with Crippen LogP contribution in [0.4, 0.5) is 0 Å². The zero-order valence-corrected chi connectivity index (χ0v) is 17.2. The van der Waals surface area contributed by atoms with Gasteiger partial charge in [-0.15, -0.1) is 12.1 Å². The Morgan fingerprint density at radius 1 is 1.12 bits per heavy atom. The third-order valence-corrected chi connectivity index (χ3v) is 3.07. The summed E-state index contributed by atoms with van der Waals surface area (Å²) in [5.74, 6) is 1.50. The molecule has 0 aliphatic carbocycles. The van der Waals surface area contributed by atoms with Crippen molar-refractivity contribution in [2.24, 2.45) is 0 Å². The Morgan fingerprint density at radius 2 is 1.83 bits per heavy atom. The molecule has 0 saturated heterocycles. The van der Waals surface area contributed by atoms with Gasteiger partial charge in [-0.25, -0.2) is 0 Å². The van der Waals surface area contributed by atoms with Crippen LogP contribution in [0.3, 0.4) is 0 Å². The van der Waals surface area contributed by atoms with E-state index in [0.717, 1.165) is 29.3 Å². The van der Waals surface area contributed by atoms with Gasteiger partial charge in [0.15, 0.2) is 0 Å². The van der Waals surface area contributed by atoms with Crippen LogP contribution >= 0.6 is 0 Å². The van der Waals surface area contributed by atoms with Crippen LogP contribution in [0.25, 0.3) is 11.3 Å². The van der Waals surface area contributed by atoms with Gasteiger partial charge in [-0.1, -0.05) is 17.7 Å². The largest absolute Gasteiger partial charge is 0.534 e. The van der Waals surface area contributed by atoms with Gasteiger partial charge in [0.2, 0.25) is 0 Å². The first-order valence-corrected chi connectivity index (χ1v) is 7.98. The average Bonchev–Trinajstić information content (AvgIpc) is 2.47. The SMILES string of the molecule is CNCc1ccnc(-c2[c-]cc(OC(C)C)cc2OC(C)C)c1.[Ir]. The van der Waals surface area contributed by atoms with Crippen molar-refractivity contribution in [1.82, 2.24) is 10.3 Å². The minimum absolute atomic E-state index is 0. The fraction of sp³-hybridized carbons (Fsp3) is 0.421. The molecule has 2 aromatic rings. The Morgan fingerprint density at radius 3 is 2.46 bits per heavy atom. The number of nitrogens with one attached hydrogen (secondary N) is 1. The quantitative estimate of drug-likeness (QED) is 0.581. The number of nitrogens with zero attached hydrogens (tertiary/aromatic N) is 1. The molecule has 1 aromatic heterocycles. The summed E-state index contributed by atoms with van der Waals surface area (Å²) >= 11 is 0. The number of hydrogen-bond donors (Lipinski definition) is 1. The Bertz CT molecular complexity index is 645. The molecule has 0 amide bonds. The maximum atomic E-state index is 5.95. The zero-order valence-electron chi connectivity index (χ0n) is 14.8. The van der Waals surface area contributed by atoms with Crippen LogP contribution in [0.2, 0.25) is 0 Å². The molecule has 0 aliphatic heterocycles. The Hall–Kier alpha value is -1.42. The van der Waals surface area contributed by atoms with Crippen LogP contribution in [-0.2, 0) is 26.7 Å². The molecule has 0 aliphatic rings. The molecule has 133 valence electrons. The maximum Gasteiger partial charge on any atom is 0.0804 e. The van der Waals surface area contributed by atoms with Gasteiger partial charge in [-0.2, -0.15) is 0 Å². The van der Waals surface area contributed by atoms with Crippen molar-refractivity contribution < 1.29 is 29.6 Å². The molecule has 1 N–H and O–H groups in total. The fourth-order valence-corrected chi connectivity index (χ4v) is 2.27. The molecule has 1 heterocycles. The molecular weight excluding hydrogens is 480 g/mol. The summed E-state index contributed by atoms with van der Waals surface area (Å²) in [5.41, 5.74) is 2.88. The van der Waals surface area contributed by atoms with E-state index in [0.29, 0.717) is 0 Å².